The Morgan fingerprint density at radius 3 is 1.89 bits per heavy atom. The van der Waals surface area contributed by atoms with Crippen LogP contribution in [-0.4, -0.2) is 244 Å². The number of hydrogen-bond acceptors (Lipinski definition) is 18. The fourth-order valence-corrected chi connectivity index (χ4v) is 13.4. The number of Topliss-reactive ketones (excluding diaryl/α,β-unsaturated/α-hetero) is 2. The number of unbranched alkanes of at least 4 members (excludes halogenated alkanes) is 2. The van der Waals surface area contributed by atoms with E-state index in [1.54, 1.807) is 63.1 Å². The molecule has 2 aromatic carbocycles. The summed E-state index contributed by atoms with van der Waals surface area (Å²) in [6.45, 7) is 20.2. The monoisotopic (exact) mass is 1470 g/mol. The summed E-state index contributed by atoms with van der Waals surface area (Å²) < 4.78 is 23.9. The second-order valence-electron chi connectivity index (χ2n) is 29.1. The van der Waals surface area contributed by atoms with Gasteiger partial charge in [0.05, 0.1) is 61.8 Å². The Kier molecular flexibility index (Phi) is 36.2. The van der Waals surface area contributed by atoms with E-state index in [2.05, 4.69) is 26.6 Å². The van der Waals surface area contributed by atoms with Gasteiger partial charge in [-0.15, -0.1) is 0 Å². The number of rotatable bonds is 43. The van der Waals surface area contributed by atoms with Crippen molar-refractivity contribution in [1.82, 2.24) is 50.7 Å². The summed E-state index contributed by atoms with van der Waals surface area (Å²) in [7, 11) is 11.1. The van der Waals surface area contributed by atoms with Crippen LogP contribution in [0.15, 0.2) is 54.6 Å². The van der Waals surface area contributed by atoms with Crippen LogP contribution in [0.2, 0.25) is 0 Å². The van der Waals surface area contributed by atoms with E-state index in [9.17, 15) is 57.5 Å². The Morgan fingerprint density at radius 1 is 0.695 bits per heavy atom. The van der Waals surface area contributed by atoms with Crippen LogP contribution in [0.1, 0.15) is 154 Å². The fraction of sp³-hybridized carbons (Fsp3) is 0.645. The summed E-state index contributed by atoms with van der Waals surface area (Å²) in [6.07, 6.45) is 0.457. The number of urea groups is 1. The lowest BCUT2D eigenvalue weighted by Crippen LogP contribution is -2.59. The van der Waals surface area contributed by atoms with E-state index < -0.39 is 96.3 Å². The number of nitrogens with two attached hydrogens (primary N) is 1. The molecule has 584 valence electrons. The zero-order valence-electron chi connectivity index (χ0n) is 65.0. The number of imide groups is 1. The van der Waals surface area contributed by atoms with Gasteiger partial charge < -0.3 is 70.9 Å². The second kappa shape index (κ2) is 43.0. The Labute approximate surface area is 619 Å². The molecule has 2 aromatic rings. The topological polar surface area (TPSA) is 364 Å². The molecule has 0 aromatic heterocycles. The van der Waals surface area contributed by atoms with Crippen molar-refractivity contribution in [3.63, 3.8) is 0 Å². The lowest BCUT2D eigenvalue weighted by molar-refractivity contribution is -0.148. The molecule has 0 spiro atoms. The van der Waals surface area contributed by atoms with Crippen molar-refractivity contribution in [3.8, 4) is 0 Å². The smallest absolute Gasteiger partial charge is 0.409 e. The summed E-state index contributed by atoms with van der Waals surface area (Å²) in [4.78, 5) is 183. The van der Waals surface area contributed by atoms with Gasteiger partial charge in [-0.25, -0.2) is 14.4 Å². The third kappa shape index (κ3) is 26.9. The van der Waals surface area contributed by atoms with Gasteiger partial charge in [0.2, 0.25) is 35.4 Å². The molecule has 29 heteroatoms. The lowest BCUT2D eigenvalue weighted by Gasteiger charge is -2.41. The summed E-state index contributed by atoms with van der Waals surface area (Å²) in [5.74, 6) is -6.53. The molecule has 2 heterocycles. The Balaban J connectivity index is 1.43. The zero-order valence-corrected chi connectivity index (χ0v) is 65.0. The number of likely N-dealkylation sites (N-methyl/N-ethyl adjacent to an activating group) is 4. The first kappa shape index (κ1) is 88.6. The standard InChI is InChI=1S/C76H118N12O17/c1-19-49(9)68(86(16)73(98)66(46(4)5)82-72(97)67(47(6)7)83(12)13)60(102-17)41-64(94)88-43-55(40-57(88)69(103-18)51(11)70(95)79-42-59(90)56-31-26-48(8)38-50(56)10)105-76(101)85(15)37-36-84(14)75(100)104-44-52-27-29-54(30-28-52)80-71(96)53(24-23-34-78-74(77)99)39-58(89)65(45(2)3)81-61(91)25-21-20-22-35-87-62(92)32-33-63(87)93/h26-33,38,45-47,49,51,53,55,57,60,65-69H,19-25,34-37,39-44H2,1-18H3,(H,79,95)(H,80,96)(H,81,91)(H,82,97)(H3,77,78,99)/t49-,51+,53?,55-,57-,60+,65-,66-,67-,68?,69+/m0/s1. The number of amides is 12. The number of methoxy groups -OCH3 is 2. The van der Waals surface area contributed by atoms with Crippen molar-refractivity contribution in [2.75, 3.05) is 94.0 Å². The highest BCUT2D eigenvalue weighted by Crippen LogP contribution is 2.32. The van der Waals surface area contributed by atoms with Crippen molar-refractivity contribution >= 4 is 82.7 Å². The van der Waals surface area contributed by atoms with Crippen LogP contribution < -0.4 is 32.3 Å². The number of anilines is 1. The van der Waals surface area contributed by atoms with Gasteiger partial charge in [0, 0.05) is 110 Å². The van der Waals surface area contributed by atoms with Crippen LogP contribution in [0.4, 0.5) is 20.1 Å². The van der Waals surface area contributed by atoms with Crippen LogP contribution in [0, 0.1) is 49.4 Å². The van der Waals surface area contributed by atoms with Gasteiger partial charge in [-0.1, -0.05) is 111 Å². The molecular weight excluding hydrogens is 1350 g/mol. The van der Waals surface area contributed by atoms with Crippen LogP contribution in [0.3, 0.4) is 0 Å². The van der Waals surface area contributed by atoms with Crippen molar-refractivity contribution < 1.29 is 81.3 Å². The first-order chi connectivity index (χ1) is 49.5. The number of aryl methyl sites for hydroxylation is 2. The predicted molar refractivity (Wildman–Crippen MR) is 396 cm³/mol. The number of nitrogens with zero attached hydrogens (tertiary/aromatic N) is 6. The molecule has 12 amide bonds. The molecule has 29 nitrogen and oxygen atoms in total. The van der Waals surface area contributed by atoms with Gasteiger partial charge in [-0.05, 0) is 101 Å². The molecule has 2 aliphatic rings. The number of ketones is 2. The molecule has 0 bridgehead atoms. The highest BCUT2D eigenvalue weighted by atomic mass is 16.6. The molecule has 0 aliphatic carbocycles. The number of ether oxygens (including phenoxy) is 4. The average molecular weight is 1470 g/mol. The molecule has 7 N–H and O–H groups in total. The minimum absolute atomic E-state index is 0.00284. The highest BCUT2D eigenvalue weighted by molar-refractivity contribution is 6.13. The van der Waals surface area contributed by atoms with E-state index in [0.717, 1.165) is 16.0 Å². The van der Waals surface area contributed by atoms with Crippen molar-refractivity contribution in [3.05, 3.63) is 76.9 Å². The molecule has 2 unspecified atom stereocenters. The molecule has 4 rings (SSSR count). The van der Waals surface area contributed by atoms with E-state index in [-0.39, 0.29) is 143 Å². The predicted octanol–water partition coefficient (Wildman–Crippen LogP) is 6.15. The van der Waals surface area contributed by atoms with E-state index in [1.165, 1.54) is 55.2 Å². The van der Waals surface area contributed by atoms with E-state index >= 15 is 4.79 Å². The van der Waals surface area contributed by atoms with E-state index in [1.807, 2.05) is 86.5 Å². The molecule has 105 heavy (non-hydrogen) atoms. The molecule has 0 radical (unpaired) electrons. The maximum absolute atomic E-state index is 15.1. The summed E-state index contributed by atoms with van der Waals surface area (Å²) >= 11 is 0. The van der Waals surface area contributed by atoms with Crippen LogP contribution in [0.25, 0.3) is 0 Å². The van der Waals surface area contributed by atoms with Gasteiger partial charge in [-0.2, -0.15) is 0 Å². The minimum Gasteiger partial charge on any atom is -0.445 e. The Bertz CT molecular complexity index is 3320. The summed E-state index contributed by atoms with van der Waals surface area (Å²) in [5.41, 5.74) is 8.41. The number of carbonyl (C=O) groups excluding carboxylic acids is 13. The van der Waals surface area contributed by atoms with Crippen molar-refractivity contribution in [2.24, 2.45) is 41.2 Å². The van der Waals surface area contributed by atoms with E-state index in [0.29, 0.717) is 48.9 Å². The van der Waals surface area contributed by atoms with Crippen LogP contribution >= 0.6 is 0 Å². The largest absolute Gasteiger partial charge is 0.445 e. The molecule has 1 saturated heterocycles. The number of likely N-dealkylation sites (tertiary alicyclic amines) is 1. The minimum atomic E-state index is -0.984. The average Bonchev–Trinajstić information content (AvgIpc) is 1.75. The van der Waals surface area contributed by atoms with Crippen molar-refractivity contribution in [2.45, 2.75) is 195 Å². The highest BCUT2D eigenvalue weighted by Gasteiger charge is 2.47. The zero-order chi connectivity index (χ0) is 78.7. The molecule has 0 saturated carbocycles. The quantitative estimate of drug-likeness (QED) is 0.0246. The number of nitrogens with one attached hydrogen (secondary N) is 5. The third-order valence-corrected chi connectivity index (χ3v) is 19.7. The van der Waals surface area contributed by atoms with Crippen LogP contribution in [-0.2, 0) is 68.7 Å². The van der Waals surface area contributed by atoms with E-state index in [4.69, 9.17) is 24.7 Å². The normalized spacial score (nSPS) is 16.9. The Morgan fingerprint density at radius 2 is 1.32 bits per heavy atom. The SMILES string of the molecule is CC[C@H](C)C([C@@H](CC(=O)N1C[C@@H](OC(=O)N(C)CCN(C)C(=O)OCc2ccc(NC(=O)C(CCCNC(N)=O)CC(=O)[C@@H](NC(=O)CCCCCN3C(=O)C=CC3=O)C(C)C)cc2)C[C@H]1[C@H](OC)[C@@H](C)C(=O)NCC(=O)c1ccc(C)cc1C)OC)N(C)C(=O)[C@@H](NC(=O)[C@H](C(C)C)N(C)C)C(C)C. The third-order valence-electron chi connectivity index (χ3n) is 19.7. The number of carbonyl (C=O) groups is 13. The molecule has 2 aliphatic heterocycles. The number of primary amides is 1. The second-order valence-corrected chi connectivity index (χ2v) is 29.1. The van der Waals surface area contributed by atoms with Crippen molar-refractivity contribution in [1.29, 1.82) is 0 Å². The fourth-order valence-electron chi connectivity index (χ4n) is 13.4. The molecule has 1 fully saturated rings. The maximum Gasteiger partial charge on any atom is 0.409 e. The van der Waals surface area contributed by atoms with Gasteiger partial charge in [0.25, 0.3) is 11.8 Å². The van der Waals surface area contributed by atoms with Gasteiger partial charge in [0.15, 0.2) is 11.6 Å². The number of hydrogen-bond donors (Lipinski definition) is 6. The Hall–Kier alpha value is -8.83. The number of benzene rings is 2. The molecular formula is C76H118N12O17. The van der Waals surface area contributed by atoms with Gasteiger partial charge in [0.1, 0.15) is 18.8 Å². The molecule has 11 atom stereocenters. The lowest BCUT2D eigenvalue weighted by atomic mass is 9.89. The summed E-state index contributed by atoms with van der Waals surface area (Å²) in [5, 5.41) is 13.9. The van der Waals surface area contributed by atoms with Gasteiger partial charge in [-0.3, -0.25) is 57.7 Å². The van der Waals surface area contributed by atoms with Gasteiger partial charge >= 0.3 is 18.2 Å². The van der Waals surface area contributed by atoms with Crippen LogP contribution in [0.5, 0.6) is 0 Å². The first-order valence-electron chi connectivity index (χ1n) is 36.5. The maximum atomic E-state index is 15.1. The first-order valence-corrected chi connectivity index (χ1v) is 36.5. The summed E-state index contributed by atoms with van der Waals surface area (Å²) in [6, 6.07) is 7.33.